The first-order chi connectivity index (χ1) is 15.5. The average Bonchev–Trinajstić information content (AvgIpc) is 2.84. The van der Waals surface area contributed by atoms with Gasteiger partial charge in [-0.3, -0.25) is 14.4 Å². The third-order valence-electron chi connectivity index (χ3n) is 5.70. The molecule has 0 radical (unpaired) electrons. The normalized spacial score (nSPS) is 14.1. The summed E-state index contributed by atoms with van der Waals surface area (Å²) >= 11 is 0. The van der Waals surface area contributed by atoms with E-state index < -0.39 is 5.82 Å². The van der Waals surface area contributed by atoms with Crippen LogP contribution in [0.3, 0.4) is 0 Å². The Bertz CT molecular complexity index is 1120. The van der Waals surface area contributed by atoms with Crippen LogP contribution < -0.4 is 5.32 Å². The zero-order chi connectivity index (χ0) is 22.5. The fraction of sp³-hybridized carbons (Fsp3) is 0.192. The Balaban J connectivity index is 1.43. The summed E-state index contributed by atoms with van der Waals surface area (Å²) < 4.78 is 13.2. The van der Waals surface area contributed by atoms with Gasteiger partial charge in [0.1, 0.15) is 5.82 Å². The van der Waals surface area contributed by atoms with Crippen molar-refractivity contribution < 1.29 is 18.8 Å². The van der Waals surface area contributed by atoms with E-state index in [0.29, 0.717) is 37.1 Å². The van der Waals surface area contributed by atoms with E-state index in [9.17, 15) is 18.8 Å². The van der Waals surface area contributed by atoms with E-state index in [4.69, 9.17) is 0 Å². The summed E-state index contributed by atoms with van der Waals surface area (Å²) in [6.07, 6.45) is 1.11. The van der Waals surface area contributed by atoms with Gasteiger partial charge in [-0.25, -0.2) is 4.39 Å². The second kappa shape index (κ2) is 9.56. The zero-order valence-corrected chi connectivity index (χ0v) is 17.5. The van der Waals surface area contributed by atoms with Gasteiger partial charge < -0.3 is 10.2 Å². The maximum atomic E-state index is 13.2. The molecule has 0 aliphatic carbocycles. The molecule has 0 unspecified atom stereocenters. The summed E-state index contributed by atoms with van der Waals surface area (Å²) in [5.74, 6) is -1.21. The molecule has 1 heterocycles. The van der Waals surface area contributed by atoms with Crippen LogP contribution in [-0.2, 0) is 4.79 Å². The Labute approximate surface area is 185 Å². The number of rotatable bonds is 5. The maximum absolute atomic E-state index is 13.2. The van der Waals surface area contributed by atoms with Crippen molar-refractivity contribution in [3.63, 3.8) is 0 Å². The van der Waals surface area contributed by atoms with Crippen LogP contribution in [0.1, 0.15) is 39.1 Å². The first-order valence-electron chi connectivity index (χ1n) is 10.6. The molecule has 32 heavy (non-hydrogen) atoms. The first-order valence-corrected chi connectivity index (χ1v) is 10.6. The largest absolute Gasteiger partial charge is 0.339 e. The van der Waals surface area contributed by atoms with Crippen LogP contribution in [0.15, 0.2) is 78.9 Å². The molecule has 6 heteroatoms. The lowest BCUT2D eigenvalue weighted by Crippen LogP contribution is -2.41. The number of amides is 2. The lowest BCUT2D eigenvalue weighted by molar-refractivity contribution is -0.121. The van der Waals surface area contributed by atoms with Crippen LogP contribution in [0.25, 0.3) is 0 Å². The van der Waals surface area contributed by atoms with Gasteiger partial charge in [-0.2, -0.15) is 0 Å². The van der Waals surface area contributed by atoms with Crippen LogP contribution in [0.5, 0.6) is 0 Å². The molecule has 1 saturated heterocycles. The molecule has 0 aromatic heterocycles. The van der Waals surface area contributed by atoms with E-state index in [1.807, 2.05) is 30.3 Å². The number of hydrogen-bond donors (Lipinski definition) is 1. The molecule has 1 N–H and O–H groups in total. The molecule has 3 aromatic rings. The van der Waals surface area contributed by atoms with Gasteiger partial charge in [0.15, 0.2) is 5.78 Å². The molecule has 0 bridgehead atoms. The van der Waals surface area contributed by atoms with E-state index in [1.165, 1.54) is 24.3 Å². The molecule has 4 rings (SSSR count). The number of para-hydroxylation sites is 1. The zero-order valence-electron chi connectivity index (χ0n) is 17.5. The fourth-order valence-corrected chi connectivity index (χ4v) is 3.91. The van der Waals surface area contributed by atoms with Crippen molar-refractivity contribution >= 4 is 23.3 Å². The summed E-state index contributed by atoms with van der Waals surface area (Å²) in [5, 5.41) is 2.92. The molecule has 0 saturated carbocycles. The number of halogens is 1. The van der Waals surface area contributed by atoms with Gasteiger partial charge in [-0.1, -0.05) is 36.4 Å². The summed E-state index contributed by atoms with van der Waals surface area (Å²) in [6.45, 7) is 0.871. The topological polar surface area (TPSA) is 66.5 Å². The molecular weight excluding hydrogens is 407 g/mol. The second-order valence-electron chi connectivity index (χ2n) is 7.80. The number of hydrogen-bond acceptors (Lipinski definition) is 3. The summed E-state index contributed by atoms with van der Waals surface area (Å²) in [6, 6.07) is 21.2. The van der Waals surface area contributed by atoms with Gasteiger partial charge in [-0.15, -0.1) is 0 Å². The van der Waals surface area contributed by atoms with Crippen LogP contribution >= 0.6 is 0 Å². The first kappa shape index (κ1) is 21.4. The van der Waals surface area contributed by atoms with Crippen LogP contribution in [0.4, 0.5) is 10.1 Å². The number of nitrogens with one attached hydrogen (secondary N) is 1. The SMILES string of the molecule is O=C(c1ccc(F)cc1)c1ccccc1C(=O)N1CCC(C(=O)Nc2ccccc2)CC1. The molecular formula is C26H23FN2O3. The number of likely N-dealkylation sites (tertiary alicyclic amines) is 1. The van der Waals surface area contributed by atoms with Crippen molar-refractivity contribution in [1.29, 1.82) is 0 Å². The minimum Gasteiger partial charge on any atom is -0.339 e. The molecule has 1 fully saturated rings. The Hall–Kier alpha value is -3.80. The minimum atomic E-state index is -0.426. The van der Waals surface area contributed by atoms with Gasteiger partial charge >= 0.3 is 0 Å². The molecule has 5 nitrogen and oxygen atoms in total. The van der Waals surface area contributed by atoms with Crippen molar-refractivity contribution in [2.24, 2.45) is 5.92 Å². The minimum absolute atomic E-state index is 0.0461. The van der Waals surface area contributed by atoms with Crippen molar-refractivity contribution in [1.82, 2.24) is 4.90 Å². The Morgan fingerprint density at radius 1 is 0.781 bits per heavy atom. The van der Waals surface area contributed by atoms with Gasteiger partial charge in [-0.05, 0) is 55.3 Å². The molecule has 1 aliphatic rings. The molecule has 3 aromatic carbocycles. The quantitative estimate of drug-likeness (QED) is 0.604. The highest BCUT2D eigenvalue weighted by Crippen LogP contribution is 2.23. The maximum Gasteiger partial charge on any atom is 0.254 e. The number of nitrogens with zero attached hydrogens (tertiary/aromatic N) is 1. The van der Waals surface area contributed by atoms with E-state index in [2.05, 4.69) is 5.32 Å². The Morgan fingerprint density at radius 2 is 1.38 bits per heavy atom. The van der Waals surface area contributed by atoms with E-state index in [1.54, 1.807) is 29.2 Å². The van der Waals surface area contributed by atoms with Gasteiger partial charge in [0.05, 0.1) is 5.56 Å². The second-order valence-corrected chi connectivity index (χ2v) is 7.80. The highest BCUT2D eigenvalue weighted by Gasteiger charge is 2.29. The molecule has 0 atom stereocenters. The summed E-state index contributed by atoms with van der Waals surface area (Å²) in [4.78, 5) is 40.4. The standard InChI is InChI=1S/C26H23FN2O3/c27-20-12-10-18(11-13-20)24(30)22-8-4-5-9-23(22)26(32)29-16-14-19(15-17-29)25(31)28-21-6-2-1-3-7-21/h1-13,19H,14-17H2,(H,28,31). The van der Waals surface area contributed by atoms with Gasteiger partial charge in [0.2, 0.25) is 5.91 Å². The predicted octanol–water partition coefficient (Wildman–Crippen LogP) is 4.55. The highest BCUT2D eigenvalue weighted by molar-refractivity contribution is 6.15. The van der Waals surface area contributed by atoms with Crippen LogP contribution in [0.2, 0.25) is 0 Å². The lowest BCUT2D eigenvalue weighted by Gasteiger charge is -2.31. The number of ketones is 1. The number of carbonyl (C=O) groups is 3. The fourth-order valence-electron chi connectivity index (χ4n) is 3.91. The van der Waals surface area contributed by atoms with E-state index in [-0.39, 0.29) is 29.1 Å². The third-order valence-corrected chi connectivity index (χ3v) is 5.70. The number of benzene rings is 3. The predicted molar refractivity (Wildman–Crippen MR) is 120 cm³/mol. The monoisotopic (exact) mass is 430 g/mol. The molecule has 0 spiro atoms. The average molecular weight is 430 g/mol. The number of piperidine rings is 1. The third kappa shape index (κ3) is 4.75. The van der Waals surface area contributed by atoms with Crippen LogP contribution in [-0.4, -0.2) is 35.6 Å². The summed E-state index contributed by atoms with van der Waals surface area (Å²) in [7, 11) is 0. The van der Waals surface area contributed by atoms with Gasteiger partial charge in [0.25, 0.3) is 5.91 Å². The van der Waals surface area contributed by atoms with Crippen molar-refractivity contribution in [3.8, 4) is 0 Å². The van der Waals surface area contributed by atoms with E-state index in [0.717, 1.165) is 5.69 Å². The van der Waals surface area contributed by atoms with Crippen molar-refractivity contribution in [2.75, 3.05) is 18.4 Å². The summed E-state index contributed by atoms with van der Waals surface area (Å²) in [5.41, 5.74) is 1.68. The number of carbonyl (C=O) groups excluding carboxylic acids is 3. The lowest BCUT2D eigenvalue weighted by atomic mass is 9.93. The van der Waals surface area contributed by atoms with E-state index >= 15 is 0 Å². The van der Waals surface area contributed by atoms with Crippen LogP contribution in [0, 0.1) is 11.7 Å². The molecule has 2 amide bonds. The highest BCUT2D eigenvalue weighted by atomic mass is 19.1. The van der Waals surface area contributed by atoms with Crippen molar-refractivity contribution in [2.45, 2.75) is 12.8 Å². The Morgan fingerprint density at radius 3 is 2.03 bits per heavy atom. The van der Waals surface area contributed by atoms with Crippen molar-refractivity contribution in [3.05, 3.63) is 101 Å². The smallest absolute Gasteiger partial charge is 0.254 e. The van der Waals surface area contributed by atoms with Gasteiger partial charge in [0, 0.05) is 35.8 Å². The molecule has 162 valence electrons. The number of anilines is 1. The molecule has 1 aliphatic heterocycles. The Kier molecular flexibility index (Phi) is 6.40.